The minimum Gasteiger partial charge on any atom is -0.444 e. The Bertz CT molecular complexity index is 335. The van der Waals surface area contributed by atoms with Crippen LogP contribution in [0.25, 0.3) is 0 Å². The number of carbonyl (C=O) groups is 1. The average Bonchev–Trinajstić information content (AvgIpc) is 2.45. The summed E-state index contributed by atoms with van der Waals surface area (Å²) >= 11 is 0. The standard InChI is InChI=1S/C16H31N3O2/c1-16(2,3)21-15(20)18-9-7-8-14(13-18)12-17-19-10-5-4-6-11-19/h14,17H,4-13H2,1-3H3. The van der Waals surface area contributed by atoms with Gasteiger partial charge in [-0.15, -0.1) is 0 Å². The van der Waals surface area contributed by atoms with Crippen molar-refractivity contribution in [3.63, 3.8) is 0 Å². The number of nitrogens with zero attached hydrogens (tertiary/aromatic N) is 2. The molecule has 5 nitrogen and oxygen atoms in total. The molecule has 2 saturated heterocycles. The summed E-state index contributed by atoms with van der Waals surface area (Å²) in [6.45, 7) is 10.7. The van der Waals surface area contributed by atoms with E-state index in [2.05, 4.69) is 10.4 Å². The zero-order valence-corrected chi connectivity index (χ0v) is 13.9. The summed E-state index contributed by atoms with van der Waals surface area (Å²) in [4.78, 5) is 14.0. The van der Waals surface area contributed by atoms with Crippen molar-refractivity contribution in [2.24, 2.45) is 5.92 Å². The minimum absolute atomic E-state index is 0.162. The van der Waals surface area contributed by atoms with E-state index in [-0.39, 0.29) is 6.09 Å². The van der Waals surface area contributed by atoms with E-state index in [0.717, 1.165) is 39.1 Å². The van der Waals surface area contributed by atoms with Crippen LogP contribution >= 0.6 is 0 Å². The first-order chi connectivity index (χ1) is 9.94. The lowest BCUT2D eigenvalue weighted by molar-refractivity contribution is 0.0151. The molecule has 0 bridgehead atoms. The predicted octanol–water partition coefficient (Wildman–Crippen LogP) is 2.62. The van der Waals surface area contributed by atoms with Crippen LogP contribution in [0.1, 0.15) is 52.9 Å². The van der Waals surface area contributed by atoms with Gasteiger partial charge in [0.1, 0.15) is 5.60 Å². The van der Waals surface area contributed by atoms with Crippen LogP contribution in [-0.2, 0) is 4.74 Å². The highest BCUT2D eigenvalue weighted by Gasteiger charge is 2.27. The third-order valence-electron chi connectivity index (χ3n) is 4.13. The van der Waals surface area contributed by atoms with Gasteiger partial charge in [0.25, 0.3) is 0 Å². The third kappa shape index (κ3) is 5.83. The maximum absolute atomic E-state index is 12.1. The maximum atomic E-state index is 12.1. The van der Waals surface area contributed by atoms with Crippen molar-refractivity contribution in [1.82, 2.24) is 15.3 Å². The van der Waals surface area contributed by atoms with Crippen molar-refractivity contribution in [2.45, 2.75) is 58.5 Å². The molecule has 2 aliphatic rings. The average molecular weight is 297 g/mol. The molecule has 0 spiro atoms. The highest BCUT2D eigenvalue weighted by molar-refractivity contribution is 5.68. The van der Waals surface area contributed by atoms with Crippen molar-refractivity contribution in [2.75, 3.05) is 32.7 Å². The first-order valence-corrected chi connectivity index (χ1v) is 8.40. The van der Waals surface area contributed by atoms with Gasteiger partial charge in [-0.1, -0.05) is 6.42 Å². The van der Waals surface area contributed by atoms with Crippen LogP contribution in [0, 0.1) is 5.92 Å². The Morgan fingerprint density at radius 1 is 1.14 bits per heavy atom. The Morgan fingerprint density at radius 2 is 1.86 bits per heavy atom. The Hall–Kier alpha value is -0.810. The molecule has 2 heterocycles. The van der Waals surface area contributed by atoms with Crippen LogP contribution in [0.5, 0.6) is 0 Å². The molecule has 122 valence electrons. The summed E-state index contributed by atoms with van der Waals surface area (Å²) in [5, 5.41) is 2.34. The van der Waals surface area contributed by atoms with Crippen molar-refractivity contribution >= 4 is 6.09 Å². The van der Waals surface area contributed by atoms with Crippen LogP contribution in [0.3, 0.4) is 0 Å². The number of piperidine rings is 2. The van der Waals surface area contributed by atoms with Gasteiger partial charge in [0.15, 0.2) is 0 Å². The van der Waals surface area contributed by atoms with Gasteiger partial charge in [0.2, 0.25) is 0 Å². The first kappa shape index (κ1) is 16.6. The van der Waals surface area contributed by atoms with Crippen molar-refractivity contribution in [3.05, 3.63) is 0 Å². The number of hydrogen-bond donors (Lipinski definition) is 1. The minimum atomic E-state index is -0.407. The van der Waals surface area contributed by atoms with E-state index in [1.165, 1.54) is 25.7 Å². The molecule has 5 heteroatoms. The molecule has 0 aromatic heterocycles. The van der Waals surface area contributed by atoms with Gasteiger partial charge < -0.3 is 9.64 Å². The molecule has 0 radical (unpaired) electrons. The lowest BCUT2D eigenvalue weighted by atomic mass is 9.98. The fourth-order valence-corrected chi connectivity index (χ4v) is 3.03. The normalized spacial score (nSPS) is 24.9. The van der Waals surface area contributed by atoms with Gasteiger partial charge in [-0.05, 0) is 52.4 Å². The molecule has 1 atom stereocenters. The van der Waals surface area contributed by atoms with Crippen LogP contribution in [0.15, 0.2) is 0 Å². The van der Waals surface area contributed by atoms with Crippen LogP contribution in [-0.4, -0.2) is 54.3 Å². The summed E-state index contributed by atoms with van der Waals surface area (Å²) in [7, 11) is 0. The number of amides is 1. The second-order valence-corrected chi connectivity index (χ2v) is 7.34. The van der Waals surface area contributed by atoms with Gasteiger partial charge in [0.05, 0.1) is 0 Å². The highest BCUT2D eigenvalue weighted by atomic mass is 16.6. The SMILES string of the molecule is CC(C)(C)OC(=O)N1CCCC(CNN2CCCCC2)C1. The molecule has 2 rings (SSSR count). The lowest BCUT2D eigenvalue weighted by Crippen LogP contribution is -2.48. The van der Waals surface area contributed by atoms with Gasteiger partial charge in [0, 0.05) is 32.7 Å². The van der Waals surface area contributed by atoms with Gasteiger partial charge in [-0.25, -0.2) is 9.80 Å². The molecule has 1 unspecified atom stereocenters. The summed E-state index contributed by atoms with van der Waals surface area (Å²) in [5.74, 6) is 0.535. The first-order valence-electron chi connectivity index (χ1n) is 8.40. The molecule has 2 fully saturated rings. The van der Waals surface area contributed by atoms with Crippen molar-refractivity contribution < 1.29 is 9.53 Å². The smallest absolute Gasteiger partial charge is 0.410 e. The van der Waals surface area contributed by atoms with Gasteiger partial charge in [-0.3, -0.25) is 5.43 Å². The van der Waals surface area contributed by atoms with E-state index in [1.807, 2.05) is 25.7 Å². The number of rotatable bonds is 3. The summed E-state index contributed by atoms with van der Waals surface area (Å²) in [6, 6.07) is 0. The molecule has 0 aliphatic carbocycles. The molecule has 0 aromatic rings. The third-order valence-corrected chi connectivity index (χ3v) is 4.13. The Labute approximate surface area is 129 Å². The Kier molecular flexibility index (Phi) is 5.88. The second-order valence-electron chi connectivity index (χ2n) is 7.34. The van der Waals surface area contributed by atoms with E-state index in [9.17, 15) is 4.79 Å². The van der Waals surface area contributed by atoms with Gasteiger partial charge in [-0.2, -0.15) is 0 Å². The number of likely N-dealkylation sites (tertiary alicyclic amines) is 1. The highest BCUT2D eigenvalue weighted by Crippen LogP contribution is 2.19. The topological polar surface area (TPSA) is 44.8 Å². The molecule has 0 saturated carbocycles. The largest absolute Gasteiger partial charge is 0.444 e. The monoisotopic (exact) mass is 297 g/mol. The van der Waals surface area contributed by atoms with E-state index < -0.39 is 5.60 Å². The summed E-state index contributed by atoms with van der Waals surface area (Å²) in [5.41, 5.74) is 3.15. The Morgan fingerprint density at radius 3 is 2.52 bits per heavy atom. The Balaban J connectivity index is 1.73. The summed E-state index contributed by atoms with van der Waals surface area (Å²) in [6.07, 6.45) is 6.05. The quantitative estimate of drug-likeness (QED) is 0.870. The van der Waals surface area contributed by atoms with Crippen LogP contribution < -0.4 is 5.43 Å². The molecule has 1 N–H and O–H groups in total. The molecular formula is C16H31N3O2. The number of carbonyl (C=O) groups excluding carboxylic acids is 1. The molecule has 0 aromatic carbocycles. The van der Waals surface area contributed by atoms with E-state index in [1.54, 1.807) is 0 Å². The van der Waals surface area contributed by atoms with Gasteiger partial charge >= 0.3 is 6.09 Å². The molecule has 1 amide bonds. The number of hydrogen-bond acceptors (Lipinski definition) is 4. The van der Waals surface area contributed by atoms with Crippen LogP contribution in [0.2, 0.25) is 0 Å². The zero-order chi connectivity index (χ0) is 15.3. The fraction of sp³-hybridized carbons (Fsp3) is 0.938. The molecule has 2 aliphatic heterocycles. The summed E-state index contributed by atoms with van der Waals surface area (Å²) < 4.78 is 5.48. The number of hydrazine groups is 1. The predicted molar refractivity (Wildman–Crippen MR) is 84.0 cm³/mol. The maximum Gasteiger partial charge on any atom is 0.410 e. The lowest BCUT2D eigenvalue weighted by Gasteiger charge is -2.35. The van der Waals surface area contributed by atoms with E-state index in [4.69, 9.17) is 4.74 Å². The van der Waals surface area contributed by atoms with Crippen LogP contribution in [0.4, 0.5) is 4.79 Å². The van der Waals surface area contributed by atoms with E-state index >= 15 is 0 Å². The number of ether oxygens (including phenoxy) is 1. The van der Waals surface area contributed by atoms with Crippen molar-refractivity contribution in [1.29, 1.82) is 0 Å². The molecule has 21 heavy (non-hydrogen) atoms. The molecular weight excluding hydrogens is 266 g/mol. The fourth-order valence-electron chi connectivity index (χ4n) is 3.03. The van der Waals surface area contributed by atoms with Crippen molar-refractivity contribution in [3.8, 4) is 0 Å². The zero-order valence-electron chi connectivity index (χ0n) is 13.9. The van der Waals surface area contributed by atoms with E-state index in [0.29, 0.717) is 5.92 Å². The second kappa shape index (κ2) is 7.45. The number of nitrogens with one attached hydrogen (secondary N) is 1.